The van der Waals surface area contributed by atoms with E-state index in [2.05, 4.69) is 11.2 Å². The van der Waals surface area contributed by atoms with Crippen molar-refractivity contribution in [2.45, 2.75) is 39.3 Å². The SMILES string of the molecule is C#C[C@H](C)OC(=O)N[C@@H](C)C(=O)OCCC. The highest BCUT2D eigenvalue weighted by atomic mass is 16.6. The molecular weight excluding hydrogens is 210 g/mol. The number of hydrogen-bond donors (Lipinski definition) is 1. The lowest BCUT2D eigenvalue weighted by molar-refractivity contribution is -0.145. The Hall–Kier alpha value is -1.70. The van der Waals surface area contributed by atoms with Crippen LogP contribution in [-0.4, -0.2) is 30.8 Å². The van der Waals surface area contributed by atoms with E-state index >= 15 is 0 Å². The molecule has 0 heterocycles. The highest BCUT2D eigenvalue weighted by Gasteiger charge is 2.18. The summed E-state index contributed by atoms with van der Waals surface area (Å²) in [5.74, 6) is 1.74. The predicted molar refractivity (Wildman–Crippen MR) is 58.6 cm³/mol. The molecule has 0 aliphatic rings. The molecule has 90 valence electrons. The van der Waals surface area contributed by atoms with E-state index in [-0.39, 0.29) is 0 Å². The Morgan fingerprint density at radius 2 is 2.06 bits per heavy atom. The van der Waals surface area contributed by atoms with E-state index in [0.29, 0.717) is 6.61 Å². The molecule has 0 rings (SSSR count). The van der Waals surface area contributed by atoms with Crippen molar-refractivity contribution < 1.29 is 19.1 Å². The highest BCUT2D eigenvalue weighted by molar-refractivity contribution is 5.80. The summed E-state index contributed by atoms with van der Waals surface area (Å²) in [4.78, 5) is 22.4. The van der Waals surface area contributed by atoms with Crippen LogP contribution in [0.3, 0.4) is 0 Å². The molecule has 1 N–H and O–H groups in total. The summed E-state index contributed by atoms with van der Waals surface area (Å²) in [7, 11) is 0. The monoisotopic (exact) mass is 227 g/mol. The van der Waals surface area contributed by atoms with E-state index in [1.165, 1.54) is 6.92 Å². The number of ether oxygens (including phenoxy) is 2. The van der Waals surface area contributed by atoms with Crippen LogP contribution in [0.2, 0.25) is 0 Å². The maximum absolute atomic E-state index is 11.3. The number of nitrogens with one attached hydrogen (secondary N) is 1. The van der Waals surface area contributed by atoms with Gasteiger partial charge in [-0.25, -0.2) is 9.59 Å². The lowest BCUT2D eigenvalue weighted by Crippen LogP contribution is -2.40. The largest absolute Gasteiger partial charge is 0.464 e. The van der Waals surface area contributed by atoms with Crippen LogP contribution in [-0.2, 0) is 14.3 Å². The summed E-state index contributed by atoms with van der Waals surface area (Å²) < 4.78 is 9.57. The average molecular weight is 227 g/mol. The van der Waals surface area contributed by atoms with Gasteiger partial charge in [-0.1, -0.05) is 12.8 Å². The number of hydrogen-bond acceptors (Lipinski definition) is 4. The minimum absolute atomic E-state index is 0.334. The molecule has 0 saturated heterocycles. The number of esters is 1. The van der Waals surface area contributed by atoms with Crippen LogP contribution < -0.4 is 5.32 Å². The Labute approximate surface area is 95.5 Å². The molecule has 0 fully saturated rings. The van der Waals surface area contributed by atoms with Crippen molar-refractivity contribution in [2.75, 3.05) is 6.61 Å². The molecule has 0 spiro atoms. The lowest BCUT2D eigenvalue weighted by Gasteiger charge is -2.14. The van der Waals surface area contributed by atoms with Gasteiger partial charge in [-0.3, -0.25) is 0 Å². The summed E-state index contributed by atoms with van der Waals surface area (Å²) in [5, 5.41) is 2.32. The molecule has 0 saturated carbocycles. The van der Waals surface area contributed by atoms with Crippen LogP contribution in [0.15, 0.2) is 0 Å². The van der Waals surface area contributed by atoms with Crippen LogP contribution in [0, 0.1) is 12.3 Å². The molecule has 16 heavy (non-hydrogen) atoms. The van der Waals surface area contributed by atoms with Gasteiger partial charge >= 0.3 is 12.1 Å². The van der Waals surface area contributed by atoms with Crippen LogP contribution in [0.25, 0.3) is 0 Å². The second-order valence-electron chi connectivity index (χ2n) is 3.25. The third-order valence-electron chi connectivity index (χ3n) is 1.65. The van der Waals surface area contributed by atoms with Gasteiger partial charge in [-0.15, -0.1) is 6.42 Å². The van der Waals surface area contributed by atoms with E-state index < -0.39 is 24.2 Å². The molecule has 0 aromatic heterocycles. The molecule has 0 aliphatic heterocycles. The second-order valence-corrected chi connectivity index (χ2v) is 3.25. The van der Waals surface area contributed by atoms with Gasteiger partial charge in [0.05, 0.1) is 6.61 Å². The van der Waals surface area contributed by atoms with Gasteiger partial charge in [0, 0.05) is 0 Å². The molecule has 1 amide bonds. The quantitative estimate of drug-likeness (QED) is 0.563. The van der Waals surface area contributed by atoms with E-state index in [1.807, 2.05) is 6.92 Å². The molecule has 0 unspecified atom stereocenters. The zero-order valence-electron chi connectivity index (χ0n) is 9.78. The minimum atomic E-state index is -0.746. The number of terminal acetylenes is 1. The number of amides is 1. The molecule has 5 nitrogen and oxygen atoms in total. The summed E-state index contributed by atoms with van der Waals surface area (Å²) >= 11 is 0. The molecular formula is C11H17NO4. The first-order valence-corrected chi connectivity index (χ1v) is 5.11. The van der Waals surface area contributed by atoms with Gasteiger partial charge in [0.2, 0.25) is 0 Å². The Kier molecular flexibility index (Phi) is 6.77. The molecule has 0 bridgehead atoms. The Morgan fingerprint density at radius 1 is 1.44 bits per heavy atom. The number of carbonyl (C=O) groups excluding carboxylic acids is 2. The fraction of sp³-hybridized carbons (Fsp3) is 0.636. The Morgan fingerprint density at radius 3 is 2.56 bits per heavy atom. The highest BCUT2D eigenvalue weighted by Crippen LogP contribution is 1.93. The average Bonchev–Trinajstić information content (AvgIpc) is 2.25. The number of alkyl carbamates (subject to hydrolysis) is 1. The molecule has 0 aromatic rings. The number of rotatable bonds is 5. The molecule has 2 atom stereocenters. The maximum atomic E-state index is 11.3. The summed E-state index contributed by atoms with van der Waals surface area (Å²) in [5.41, 5.74) is 0. The normalized spacial score (nSPS) is 13.1. The number of carbonyl (C=O) groups is 2. The summed E-state index contributed by atoms with van der Waals surface area (Å²) in [6.07, 6.45) is 4.41. The smallest absolute Gasteiger partial charge is 0.409 e. The second kappa shape index (κ2) is 7.57. The van der Waals surface area contributed by atoms with Crippen molar-refractivity contribution in [1.29, 1.82) is 0 Å². The van der Waals surface area contributed by atoms with Crippen molar-refractivity contribution in [2.24, 2.45) is 0 Å². The van der Waals surface area contributed by atoms with Crippen LogP contribution in [0.4, 0.5) is 4.79 Å². The first-order chi connectivity index (χ1) is 7.51. The molecule has 0 radical (unpaired) electrons. The predicted octanol–water partition coefficient (Wildman–Crippen LogP) is 1.08. The van der Waals surface area contributed by atoms with Crippen molar-refractivity contribution >= 4 is 12.1 Å². The van der Waals surface area contributed by atoms with Crippen molar-refractivity contribution in [1.82, 2.24) is 5.32 Å². The van der Waals surface area contributed by atoms with Crippen molar-refractivity contribution in [3.05, 3.63) is 0 Å². The van der Waals surface area contributed by atoms with Gasteiger partial charge < -0.3 is 14.8 Å². The summed E-state index contributed by atoms with van der Waals surface area (Å²) in [6, 6.07) is -0.746. The third kappa shape index (κ3) is 5.91. The zero-order chi connectivity index (χ0) is 12.6. The molecule has 0 aliphatic carbocycles. The minimum Gasteiger partial charge on any atom is -0.464 e. The van der Waals surface area contributed by atoms with E-state index in [9.17, 15) is 9.59 Å². The molecule has 0 aromatic carbocycles. The van der Waals surface area contributed by atoms with Crippen LogP contribution in [0.5, 0.6) is 0 Å². The van der Waals surface area contributed by atoms with Crippen LogP contribution >= 0.6 is 0 Å². The summed E-state index contributed by atoms with van der Waals surface area (Å²) in [6.45, 7) is 5.29. The van der Waals surface area contributed by atoms with Crippen molar-refractivity contribution in [3.63, 3.8) is 0 Å². The van der Waals surface area contributed by atoms with E-state index in [4.69, 9.17) is 15.9 Å². The van der Waals surface area contributed by atoms with E-state index in [0.717, 1.165) is 6.42 Å². The van der Waals surface area contributed by atoms with Gasteiger partial charge in [0.1, 0.15) is 6.04 Å². The fourth-order valence-corrected chi connectivity index (χ4v) is 0.792. The van der Waals surface area contributed by atoms with Crippen molar-refractivity contribution in [3.8, 4) is 12.3 Å². The van der Waals surface area contributed by atoms with Gasteiger partial charge in [-0.05, 0) is 20.3 Å². The third-order valence-corrected chi connectivity index (χ3v) is 1.65. The fourth-order valence-electron chi connectivity index (χ4n) is 0.792. The lowest BCUT2D eigenvalue weighted by atomic mass is 10.3. The zero-order valence-corrected chi connectivity index (χ0v) is 9.78. The van der Waals surface area contributed by atoms with Crippen LogP contribution in [0.1, 0.15) is 27.2 Å². The maximum Gasteiger partial charge on any atom is 0.409 e. The Balaban J connectivity index is 3.95. The standard InChI is InChI=1S/C11H17NO4/c1-5-7-15-10(13)9(4)12-11(14)16-8(3)6-2/h2,8-9H,5,7H2,1,3-4H3,(H,12,14)/t8-,9-/m0/s1. The molecule has 5 heteroatoms. The first-order valence-electron chi connectivity index (χ1n) is 5.11. The van der Waals surface area contributed by atoms with Gasteiger partial charge in [0.25, 0.3) is 0 Å². The van der Waals surface area contributed by atoms with Gasteiger partial charge in [0.15, 0.2) is 6.10 Å². The van der Waals surface area contributed by atoms with Gasteiger partial charge in [-0.2, -0.15) is 0 Å². The van der Waals surface area contributed by atoms with E-state index in [1.54, 1.807) is 6.92 Å². The topological polar surface area (TPSA) is 64.6 Å². The Bertz CT molecular complexity index is 282. The first kappa shape index (κ1) is 14.3.